The Morgan fingerprint density at radius 2 is 1.93 bits per heavy atom. The van der Waals surface area contributed by atoms with Crippen molar-refractivity contribution in [1.82, 2.24) is 0 Å². The van der Waals surface area contributed by atoms with Crippen LogP contribution in [0.25, 0.3) is 0 Å². The molecule has 0 aliphatic heterocycles. The van der Waals surface area contributed by atoms with Crippen molar-refractivity contribution >= 4 is 15.9 Å². The van der Waals surface area contributed by atoms with E-state index in [-0.39, 0.29) is 0 Å². The summed E-state index contributed by atoms with van der Waals surface area (Å²) in [6.07, 6.45) is 1.54. The lowest BCUT2D eigenvalue weighted by molar-refractivity contribution is 0.474. The summed E-state index contributed by atoms with van der Waals surface area (Å²) in [7, 11) is 0. The summed E-state index contributed by atoms with van der Waals surface area (Å²) in [4.78, 5) is 0.407. The van der Waals surface area contributed by atoms with Gasteiger partial charge in [-0.1, -0.05) is 41.9 Å². The third-order valence-corrected chi connectivity index (χ3v) is 2.70. The number of hydrogen-bond donors (Lipinski definition) is 0. The van der Waals surface area contributed by atoms with Gasteiger partial charge in [-0.3, -0.25) is 0 Å². The molecule has 3 heteroatoms. The summed E-state index contributed by atoms with van der Waals surface area (Å²) in [6.45, 7) is 4.10. The fourth-order valence-electron chi connectivity index (χ4n) is 1.72. The van der Waals surface area contributed by atoms with Crippen LogP contribution in [0.4, 0.5) is 8.78 Å². The van der Waals surface area contributed by atoms with E-state index in [1.165, 1.54) is 0 Å². The first-order chi connectivity index (χ1) is 7.00. The van der Waals surface area contributed by atoms with Crippen LogP contribution in [-0.2, 0) is 6.42 Å². The molecule has 0 fully saturated rings. The Balaban J connectivity index is 2.68. The summed E-state index contributed by atoms with van der Waals surface area (Å²) in [5, 5.41) is 0. The van der Waals surface area contributed by atoms with Crippen LogP contribution in [0.15, 0.2) is 18.2 Å². The lowest BCUT2D eigenvalue weighted by atomic mass is 9.96. The van der Waals surface area contributed by atoms with Crippen molar-refractivity contribution in [2.75, 3.05) is 0 Å². The molecule has 0 saturated heterocycles. The summed E-state index contributed by atoms with van der Waals surface area (Å²) in [6, 6.07) is 4.35. The lowest BCUT2D eigenvalue weighted by Gasteiger charge is -2.13. The quantitative estimate of drug-likeness (QED) is 0.719. The summed E-state index contributed by atoms with van der Waals surface area (Å²) in [5.41, 5.74) is 0.468. The predicted octanol–water partition coefficient (Wildman–Crippen LogP) is 4.32. The Kier molecular flexibility index (Phi) is 4.71. The molecule has 0 nitrogen and oxygen atoms in total. The fraction of sp³-hybridized carbons (Fsp3) is 0.500. The maximum atomic E-state index is 13.3. The van der Waals surface area contributed by atoms with Crippen LogP contribution in [0.2, 0.25) is 0 Å². The molecule has 2 atom stereocenters. The molecule has 0 bridgehead atoms. The molecule has 2 unspecified atom stereocenters. The van der Waals surface area contributed by atoms with Crippen molar-refractivity contribution in [2.24, 2.45) is 5.92 Å². The van der Waals surface area contributed by atoms with Crippen molar-refractivity contribution in [3.05, 3.63) is 35.4 Å². The number of alkyl halides is 1. The number of rotatable bonds is 4. The van der Waals surface area contributed by atoms with Crippen LogP contribution in [-0.4, -0.2) is 4.83 Å². The zero-order valence-corrected chi connectivity index (χ0v) is 10.5. The first-order valence-corrected chi connectivity index (χ1v) is 5.99. The molecule has 84 valence electrons. The van der Waals surface area contributed by atoms with Gasteiger partial charge in [-0.25, -0.2) is 8.78 Å². The molecular weight excluding hydrogens is 262 g/mol. The van der Waals surface area contributed by atoms with Gasteiger partial charge in [0.1, 0.15) is 0 Å². The molecule has 0 radical (unpaired) electrons. The second kappa shape index (κ2) is 5.59. The number of hydrogen-bond acceptors (Lipinski definition) is 0. The van der Waals surface area contributed by atoms with Gasteiger partial charge in [0, 0.05) is 4.83 Å². The zero-order valence-electron chi connectivity index (χ0n) is 8.93. The first kappa shape index (κ1) is 12.6. The van der Waals surface area contributed by atoms with Crippen LogP contribution in [0.5, 0.6) is 0 Å². The van der Waals surface area contributed by atoms with Gasteiger partial charge in [0.25, 0.3) is 0 Å². The number of halogens is 3. The highest BCUT2D eigenvalue weighted by atomic mass is 79.9. The van der Waals surface area contributed by atoms with Gasteiger partial charge in [0.2, 0.25) is 0 Å². The van der Waals surface area contributed by atoms with Crippen LogP contribution in [0.3, 0.4) is 0 Å². The topological polar surface area (TPSA) is 0 Å². The van der Waals surface area contributed by atoms with Crippen LogP contribution < -0.4 is 0 Å². The van der Waals surface area contributed by atoms with E-state index in [2.05, 4.69) is 22.9 Å². The van der Waals surface area contributed by atoms with E-state index in [9.17, 15) is 8.78 Å². The summed E-state index contributed by atoms with van der Waals surface area (Å²) < 4.78 is 26.2. The zero-order chi connectivity index (χ0) is 11.4. The Labute approximate surface area is 97.8 Å². The molecule has 0 heterocycles. The van der Waals surface area contributed by atoms with E-state index >= 15 is 0 Å². The first-order valence-electron chi connectivity index (χ1n) is 5.07. The molecule has 0 aromatic heterocycles. The lowest BCUT2D eigenvalue weighted by Crippen LogP contribution is -2.07. The van der Waals surface area contributed by atoms with E-state index in [1.54, 1.807) is 12.1 Å². The van der Waals surface area contributed by atoms with Gasteiger partial charge in [-0.2, -0.15) is 0 Å². The molecule has 0 aliphatic rings. The molecule has 1 aromatic rings. The molecule has 0 amide bonds. The van der Waals surface area contributed by atoms with Gasteiger partial charge < -0.3 is 0 Å². The van der Waals surface area contributed by atoms with Crippen molar-refractivity contribution in [3.8, 4) is 0 Å². The Bertz CT molecular complexity index is 323. The minimum atomic E-state index is -0.758. The highest BCUT2D eigenvalue weighted by molar-refractivity contribution is 9.09. The average Bonchev–Trinajstić information content (AvgIpc) is 2.11. The Hall–Kier alpha value is -0.440. The van der Waals surface area contributed by atoms with E-state index in [4.69, 9.17) is 0 Å². The highest BCUT2D eigenvalue weighted by Crippen LogP contribution is 2.20. The molecule has 0 spiro atoms. The smallest absolute Gasteiger partial charge is 0.162 e. The maximum Gasteiger partial charge on any atom is 0.162 e. The molecule has 1 aromatic carbocycles. The molecule has 1 rings (SSSR count). The predicted molar refractivity (Wildman–Crippen MR) is 62.2 cm³/mol. The van der Waals surface area contributed by atoms with Gasteiger partial charge in [0.15, 0.2) is 11.6 Å². The standard InChI is InChI=1S/C12H15BrF2/c1-8(6-9(2)13)7-10-4-3-5-11(14)12(10)15/h3-5,8-9H,6-7H2,1-2H3. The SMILES string of the molecule is CC(Br)CC(C)Cc1cccc(F)c1F. The van der Waals surface area contributed by atoms with Crippen molar-refractivity contribution in [2.45, 2.75) is 31.5 Å². The van der Waals surface area contributed by atoms with Gasteiger partial charge in [-0.05, 0) is 30.4 Å². The summed E-state index contributed by atoms with van der Waals surface area (Å²) >= 11 is 3.45. The van der Waals surface area contributed by atoms with E-state index in [1.807, 2.05) is 6.92 Å². The van der Waals surface area contributed by atoms with Crippen molar-refractivity contribution in [1.29, 1.82) is 0 Å². The second-order valence-electron chi connectivity index (χ2n) is 4.04. The van der Waals surface area contributed by atoms with Crippen LogP contribution in [0.1, 0.15) is 25.8 Å². The highest BCUT2D eigenvalue weighted by Gasteiger charge is 2.12. The van der Waals surface area contributed by atoms with E-state index in [0.717, 1.165) is 12.5 Å². The fourth-order valence-corrected chi connectivity index (χ4v) is 2.36. The van der Waals surface area contributed by atoms with E-state index < -0.39 is 11.6 Å². The minimum absolute atomic E-state index is 0.343. The molecule has 0 N–H and O–H groups in total. The maximum absolute atomic E-state index is 13.3. The number of benzene rings is 1. The van der Waals surface area contributed by atoms with Gasteiger partial charge >= 0.3 is 0 Å². The largest absolute Gasteiger partial charge is 0.204 e. The normalized spacial score (nSPS) is 15.0. The average molecular weight is 277 g/mol. The van der Waals surface area contributed by atoms with E-state index in [0.29, 0.717) is 22.7 Å². The third-order valence-electron chi connectivity index (χ3n) is 2.33. The molecule has 0 saturated carbocycles. The van der Waals surface area contributed by atoms with Gasteiger partial charge in [-0.15, -0.1) is 0 Å². The minimum Gasteiger partial charge on any atom is -0.204 e. The Morgan fingerprint density at radius 3 is 2.53 bits per heavy atom. The van der Waals surface area contributed by atoms with Gasteiger partial charge in [0.05, 0.1) is 0 Å². The van der Waals surface area contributed by atoms with Crippen LogP contribution in [0, 0.1) is 17.6 Å². The second-order valence-corrected chi connectivity index (χ2v) is 5.60. The van der Waals surface area contributed by atoms with Crippen molar-refractivity contribution < 1.29 is 8.78 Å². The Morgan fingerprint density at radius 1 is 1.27 bits per heavy atom. The molecular formula is C12H15BrF2. The summed E-state index contributed by atoms with van der Waals surface area (Å²) in [5.74, 6) is -1.12. The molecule has 0 aliphatic carbocycles. The van der Waals surface area contributed by atoms with Crippen molar-refractivity contribution in [3.63, 3.8) is 0 Å². The monoisotopic (exact) mass is 276 g/mol. The third kappa shape index (κ3) is 3.90. The molecule has 15 heavy (non-hydrogen) atoms. The van der Waals surface area contributed by atoms with Crippen LogP contribution >= 0.6 is 15.9 Å².